The van der Waals surface area contributed by atoms with Crippen molar-refractivity contribution in [3.8, 4) is 0 Å². The smallest absolute Gasteiger partial charge is 0.267 e. The predicted octanol–water partition coefficient (Wildman–Crippen LogP) is 3.46. The minimum Gasteiger partial charge on any atom is -0.340 e. The van der Waals surface area contributed by atoms with E-state index in [0.29, 0.717) is 11.1 Å². The van der Waals surface area contributed by atoms with Gasteiger partial charge in [-0.3, -0.25) is 9.59 Å². The van der Waals surface area contributed by atoms with Crippen LogP contribution in [0.4, 0.5) is 0 Å². The Morgan fingerprint density at radius 3 is 2.10 bits per heavy atom. The average molecular weight is 435 g/mol. The van der Waals surface area contributed by atoms with Crippen molar-refractivity contribution in [2.24, 2.45) is 0 Å². The van der Waals surface area contributed by atoms with E-state index >= 15 is 0 Å². The molecule has 0 saturated carbocycles. The van der Waals surface area contributed by atoms with Crippen LogP contribution in [-0.2, 0) is 14.8 Å². The lowest BCUT2D eigenvalue weighted by Gasteiger charge is -2.24. The average Bonchev–Trinajstić information content (AvgIpc) is 3.12. The Bertz CT molecular complexity index is 1190. The summed E-state index contributed by atoms with van der Waals surface area (Å²) in [5.74, 6) is -1.06. The Balaban J connectivity index is 1.70. The highest BCUT2D eigenvalue weighted by Crippen LogP contribution is 2.37. The van der Waals surface area contributed by atoms with Crippen LogP contribution in [0, 0.1) is 6.92 Å². The quantitative estimate of drug-likeness (QED) is 0.667. The summed E-state index contributed by atoms with van der Waals surface area (Å²) >= 11 is 0. The lowest BCUT2D eigenvalue weighted by Crippen LogP contribution is -2.43. The van der Waals surface area contributed by atoms with E-state index in [1.54, 1.807) is 66.7 Å². The van der Waals surface area contributed by atoms with Crippen molar-refractivity contribution in [2.45, 2.75) is 30.3 Å². The highest BCUT2D eigenvalue weighted by atomic mass is 32.2. The number of hydrogen-bond acceptors (Lipinski definition) is 4. The number of benzene rings is 3. The van der Waals surface area contributed by atoms with Gasteiger partial charge in [-0.25, -0.2) is 12.7 Å². The molecule has 1 aliphatic rings. The first kappa shape index (κ1) is 20.8. The molecule has 0 unspecified atom stereocenters. The van der Waals surface area contributed by atoms with E-state index in [2.05, 4.69) is 5.32 Å². The molecule has 4 rings (SSSR count). The van der Waals surface area contributed by atoms with Crippen LogP contribution in [0.15, 0.2) is 89.8 Å². The largest absolute Gasteiger partial charge is 0.340 e. The zero-order valence-electron chi connectivity index (χ0n) is 16.9. The summed E-state index contributed by atoms with van der Waals surface area (Å²) < 4.78 is 27.8. The number of carbonyl (C=O) groups is 2. The van der Waals surface area contributed by atoms with Gasteiger partial charge in [-0.05, 0) is 36.8 Å². The molecule has 6 nitrogen and oxygen atoms in total. The fourth-order valence-electron chi connectivity index (χ4n) is 3.74. The van der Waals surface area contributed by atoms with Gasteiger partial charge in [0.25, 0.3) is 21.8 Å². The first-order chi connectivity index (χ1) is 14.9. The van der Waals surface area contributed by atoms with Gasteiger partial charge in [-0.15, -0.1) is 0 Å². The molecule has 3 aromatic rings. The van der Waals surface area contributed by atoms with Crippen LogP contribution in [0.3, 0.4) is 0 Å². The molecule has 1 heterocycles. The first-order valence-corrected chi connectivity index (χ1v) is 11.4. The number of rotatable bonds is 5. The molecule has 0 radical (unpaired) electrons. The maximum Gasteiger partial charge on any atom is 0.267 e. The van der Waals surface area contributed by atoms with Crippen LogP contribution < -0.4 is 5.32 Å². The van der Waals surface area contributed by atoms with Gasteiger partial charge in [-0.2, -0.15) is 0 Å². The number of amides is 2. The van der Waals surface area contributed by atoms with Gasteiger partial charge in [0.2, 0.25) is 0 Å². The second-order valence-corrected chi connectivity index (χ2v) is 9.32. The molecule has 1 N–H and O–H groups in total. The monoisotopic (exact) mass is 434 g/mol. The summed E-state index contributed by atoms with van der Waals surface area (Å²) in [6, 6.07) is 22.3. The van der Waals surface area contributed by atoms with Crippen LogP contribution in [0.5, 0.6) is 0 Å². The van der Waals surface area contributed by atoms with Gasteiger partial charge in [0.05, 0.1) is 10.9 Å². The Hall–Kier alpha value is -3.45. The standard InChI is InChI=1S/C24H22N2O4S/c1-17-12-14-20(15-13-17)31(29,30)26-22(18-8-4-2-5-9-18)16-21(24(26)28)25-23(27)19-10-6-3-7-11-19/h2-15,21-22H,16H2,1H3,(H,25,27)/t21-,22-/m0/s1. The minimum absolute atomic E-state index is 0.0439. The maximum atomic E-state index is 13.4. The normalized spacial score (nSPS) is 18.7. The van der Waals surface area contributed by atoms with Gasteiger partial charge in [0, 0.05) is 12.0 Å². The van der Waals surface area contributed by atoms with Crippen LogP contribution >= 0.6 is 0 Å². The molecular weight excluding hydrogens is 412 g/mol. The number of nitrogens with zero attached hydrogens (tertiary/aromatic N) is 1. The number of nitrogens with one attached hydrogen (secondary N) is 1. The fraction of sp³-hybridized carbons (Fsp3) is 0.167. The summed E-state index contributed by atoms with van der Waals surface area (Å²) in [4.78, 5) is 25.9. The molecule has 1 aliphatic heterocycles. The van der Waals surface area contributed by atoms with Crippen molar-refractivity contribution >= 4 is 21.8 Å². The third kappa shape index (κ3) is 4.09. The van der Waals surface area contributed by atoms with Crippen molar-refractivity contribution < 1.29 is 18.0 Å². The van der Waals surface area contributed by atoms with E-state index in [-0.39, 0.29) is 11.3 Å². The van der Waals surface area contributed by atoms with Crippen molar-refractivity contribution in [2.75, 3.05) is 0 Å². The number of sulfonamides is 1. The highest BCUT2D eigenvalue weighted by Gasteiger charge is 2.47. The number of hydrogen-bond donors (Lipinski definition) is 1. The molecule has 0 aromatic heterocycles. The molecule has 3 aromatic carbocycles. The fourth-order valence-corrected chi connectivity index (χ4v) is 5.35. The molecular formula is C24H22N2O4S. The van der Waals surface area contributed by atoms with Crippen molar-refractivity contribution in [3.63, 3.8) is 0 Å². The molecule has 0 bridgehead atoms. The zero-order valence-corrected chi connectivity index (χ0v) is 17.7. The summed E-state index contributed by atoms with van der Waals surface area (Å²) in [6.45, 7) is 1.86. The Labute approximate surface area is 181 Å². The van der Waals surface area contributed by atoms with Gasteiger partial charge < -0.3 is 5.32 Å². The maximum absolute atomic E-state index is 13.4. The minimum atomic E-state index is -4.10. The first-order valence-electron chi connectivity index (χ1n) is 9.94. The van der Waals surface area contributed by atoms with Gasteiger partial charge >= 0.3 is 0 Å². The molecule has 158 valence electrons. The Morgan fingerprint density at radius 2 is 1.48 bits per heavy atom. The Kier molecular flexibility index (Phi) is 5.61. The summed E-state index contributed by atoms with van der Waals surface area (Å²) in [5, 5.41) is 2.71. The summed E-state index contributed by atoms with van der Waals surface area (Å²) in [5.41, 5.74) is 2.02. The SMILES string of the molecule is Cc1ccc(S(=O)(=O)N2C(=O)[C@@H](NC(=O)c3ccccc3)C[C@H]2c2ccccc2)cc1. The zero-order chi connectivity index (χ0) is 22.0. The topological polar surface area (TPSA) is 83.6 Å². The molecule has 31 heavy (non-hydrogen) atoms. The van der Waals surface area contributed by atoms with Gasteiger partial charge in [-0.1, -0.05) is 66.2 Å². The predicted molar refractivity (Wildman–Crippen MR) is 117 cm³/mol. The van der Waals surface area contributed by atoms with E-state index in [1.807, 2.05) is 13.0 Å². The molecule has 1 saturated heterocycles. The second-order valence-electron chi connectivity index (χ2n) is 7.51. The van der Waals surface area contributed by atoms with Gasteiger partial charge in [0.15, 0.2) is 0 Å². The molecule has 7 heteroatoms. The van der Waals surface area contributed by atoms with Crippen LogP contribution in [-0.4, -0.2) is 30.6 Å². The van der Waals surface area contributed by atoms with Crippen LogP contribution in [0.25, 0.3) is 0 Å². The van der Waals surface area contributed by atoms with Gasteiger partial charge in [0.1, 0.15) is 6.04 Å². The number of carbonyl (C=O) groups excluding carboxylic acids is 2. The van der Waals surface area contributed by atoms with Crippen molar-refractivity contribution in [3.05, 3.63) is 102 Å². The van der Waals surface area contributed by atoms with E-state index in [1.165, 1.54) is 12.1 Å². The third-order valence-electron chi connectivity index (χ3n) is 5.36. The van der Waals surface area contributed by atoms with Crippen LogP contribution in [0.2, 0.25) is 0 Å². The summed E-state index contributed by atoms with van der Waals surface area (Å²) in [6.07, 6.45) is 0.159. The van der Waals surface area contributed by atoms with Crippen LogP contribution in [0.1, 0.15) is 33.9 Å². The highest BCUT2D eigenvalue weighted by molar-refractivity contribution is 7.89. The molecule has 0 spiro atoms. The van der Waals surface area contributed by atoms with Crippen molar-refractivity contribution in [1.82, 2.24) is 9.62 Å². The van der Waals surface area contributed by atoms with Crippen molar-refractivity contribution in [1.29, 1.82) is 0 Å². The number of aryl methyl sites for hydroxylation is 1. The lowest BCUT2D eigenvalue weighted by atomic mass is 10.0. The lowest BCUT2D eigenvalue weighted by molar-refractivity contribution is -0.126. The molecule has 2 amide bonds. The molecule has 2 atom stereocenters. The van der Waals surface area contributed by atoms with E-state index < -0.39 is 33.9 Å². The third-order valence-corrected chi connectivity index (χ3v) is 7.18. The summed E-state index contributed by atoms with van der Waals surface area (Å²) in [7, 11) is -4.10. The van der Waals surface area contributed by atoms with E-state index in [4.69, 9.17) is 0 Å². The van der Waals surface area contributed by atoms with E-state index in [0.717, 1.165) is 9.87 Å². The van der Waals surface area contributed by atoms with E-state index in [9.17, 15) is 18.0 Å². The second kappa shape index (κ2) is 8.35. The molecule has 0 aliphatic carbocycles. The Morgan fingerprint density at radius 1 is 0.903 bits per heavy atom. The molecule has 1 fully saturated rings.